The number of nitrogens with zero attached hydrogens (tertiary/aromatic N) is 2. The van der Waals surface area contributed by atoms with E-state index in [1.807, 2.05) is 37.3 Å². The Bertz CT molecular complexity index is 1310. The van der Waals surface area contributed by atoms with Crippen molar-refractivity contribution in [1.29, 1.82) is 0 Å². The maximum Gasteiger partial charge on any atom is 0.275 e. The van der Waals surface area contributed by atoms with E-state index in [0.29, 0.717) is 23.8 Å². The number of thiazole rings is 1. The second-order valence-electron chi connectivity index (χ2n) is 8.90. The van der Waals surface area contributed by atoms with Crippen LogP contribution in [0.1, 0.15) is 46.9 Å². The van der Waals surface area contributed by atoms with Crippen LogP contribution < -0.4 is 11.1 Å². The van der Waals surface area contributed by atoms with Gasteiger partial charge in [0.05, 0.1) is 11.4 Å². The molecule has 2 heterocycles. The molecule has 190 valence electrons. The van der Waals surface area contributed by atoms with Crippen LogP contribution >= 0.6 is 36.2 Å². The van der Waals surface area contributed by atoms with Gasteiger partial charge in [-0.2, -0.15) is 0 Å². The average Bonchev–Trinajstić information content (AvgIpc) is 3.32. The molecule has 0 aliphatic heterocycles. The Kier molecular flexibility index (Phi) is 10.6. The zero-order chi connectivity index (χ0) is 24.2. The first-order valence-electron chi connectivity index (χ1n) is 11.5. The van der Waals surface area contributed by atoms with Crippen molar-refractivity contribution in [2.45, 2.75) is 40.7 Å². The molecule has 0 spiro atoms. The lowest BCUT2D eigenvalue weighted by atomic mass is 9.92. The van der Waals surface area contributed by atoms with E-state index >= 15 is 0 Å². The molecule has 3 N–H and O–H groups in total. The number of hydrogen-bond acceptors (Lipinski definition) is 5. The fourth-order valence-corrected chi connectivity index (χ4v) is 4.84. The van der Waals surface area contributed by atoms with Crippen LogP contribution in [0.25, 0.3) is 21.7 Å². The van der Waals surface area contributed by atoms with Crippen molar-refractivity contribution in [2.24, 2.45) is 11.7 Å². The number of nitrogens with one attached hydrogen (secondary N) is 1. The molecule has 8 heteroatoms. The van der Waals surface area contributed by atoms with E-state index in [9.17, 15) is 4.79 Å². The second kappa shape index (κ2) is 13.0. The van der Waals surface area contributed by atoms with E-state index in [0.717, 1.165) is 45.1 Å². The van der Waals surface area contributed by atoms with Crippen molar-refractivity contribution < 1.29 is 4.79 Å². The maximum absolute atomic E-state index is 13.3. The highest BCUT2D eigenvalue weighted by Gasteiger charge is 2.22. The van der Waals surface area contributed by atoms with Gasteiger partial charge in [-0.25, -0.2) is 4.98 Å². The van der Waals surface area contributed by atoms with Crippen LogP contribution in [0.5, 0.6) is 0 Å². The van der Waals surface area contributed by atoms with Crippen LogP contribution in [-0.2, 0) is 13.0 Å². The van der Waals surface area contributed by atoms with Gasteiger partial charge in [-0.1, -0.05) is 74.0 Å². The van der Waals surface area contributed by atoms with Crippen molar-refractivity contribution in [3.63, 3.8) is 0 Å². The standard InChI is InChI=1S/C28H30N4OS.2ClH/c1-17(2)14-23-22(15-29)25(20-12-10-18(3)11-13-20)26(19(4)30-23)32-27(33)24-16-34-28(31-24)21-8-6-5-7-9-21;;/h5-13,16-17H,14-15,29H2,1-4H3,(H,32,33);2*1H. The number of hydrogen-bond donors (Lipinski definition) is 2. The fourth-order valence-electron chi connectivity index (χ4n) is 4.04. The Morgan fingerprint density at radius 2 is 1.64 bits per heavy atom. The van der Waals surface area contributed by atoms with Crippen LogP contribution in [0, 0.1) is 19.8 Å². The molecule has 0 atom stereocenters. The molecule has 36 heavy (non-hydrogen) atoms. The average molecular weight is 544 g/mol. The number of amides is 1. The molecule has 0 saturated heterocycles. The van der Waals surface area contributed by atoms with Crippen molar-refractivity contribution in [1.82, 2.24) is 9.97 Å². The molecular formula is C28H32Cl2N4OS. The highest BCUT2D eigenvalue weighted by Crippen LogP contribution is 2.36. The lowest BCUT2D eigenvalue weighted by molar-refractivity contribution is 0.102. The van der Waals surface area contributed by atoms with Gasteiger partial charge in [0.1, 0.15) is 10.7 Å². The largest absolute Gasteiger partial charge is 0.326 e. The fraction of sp³-hybridized carbons (Fsp3) is 0.250. The van der Waals surface area contributed by atoms with E-state index < -0.39 is 0 Å². The minimum absolute atomic E-state index is 0. The third kappa shape index (κ3) is 6.51. The van der Waals surface area contributed by atoms with Crippen LogP contribution in [0.2, 0.25) is 0 Å². The van der Waals surface area contributed by atoms with E-state index in [4.69, 9.17) is 10.7 Å². The first-order valence-corrected chi connectivity index (χ1v) is 12.4. The zero-order valence-electron chi connectivity index (χ0n) is 20.9. The Hall–Kier alpha value is -2.77. The van der Waals surface area contributed by atoms with Gasteiger partial charge in [0.2, 0.25) is 0 Å². The number of aromatic nitrogens is 2. The lowest BCUT2D eigenvalue weighted by Crippen LogP contribution is -2.18. The van der Waals surface area contributed by atoms with Crippen molar-refractivity contribution in [3.05, 3.63) is 88.2 Å². The molecule has 0 unspecified atom stereocenters. The number of halogens is 2. The lowest BCUT2D eigenvalue weighted by Gasteiger charge is -2.21. The molecule has 0 fully saturated rings. The van der Waals surface area contributed by atoms with Gasteiger partial charge in [-0.15, -0.1) is 36.2 Å². The molecule has 1 amide bonds. The summed E-state index contributed by atoms with van der Waals surface area (Å²) in [6.45, 7) is 8.69. The molecule has 4 aromatic rings. The van der Waals surface area contributed by atoms with E-state index in [1.165, 1.54) is 16.9 Å². The summed E-state index contributed by atoms with van der Waals surface area (Å²) < 4.78 is 0. The highest BCUT2D eigenvalue weighted by molar-refractivity contribution is 7.13. The third-order valence-corrected chi connectivity index (χ3v) is 6.60. The minimum Gasteiger partial charge on any atom is -0.326 e. The van der Waals surface area contributed by atoms with Gasteiger partial charge >= 0.3 is 0 Å². The summed E-state index contributed by atoms with van der Waals surface area (Å²) in [7, 11) is 0. The quantitative estimate of drug-likeness (QED) is 0.257. The summed E-state index contributed by atoms with van der Waals surface area (Å²) in [4.78, 5) is 22.7. The second-order valence-corrected chi connectivity index (χ2v) is 9.76. The van der Waals surface area contributed by atoms with Crippen LogP contribution in [-0.4, -0.2) is 15.9 Å². The first kappa shape index (κ1) is 29.5. The molecule has 0 radical (unpaired) electrons. The number of carbonyl (C=O) groups is 1. The topological polar surface area (TPSA) is 80.9 Å². The van der Waals surface area contributed by atoms with Gasteiger partial charge in [0, 0.05) is 28.7 Å². The maximum atomic E-state index is 13.3. The molecular weight excluding hydrogens is 511 g/mol. The molecule has 2 aromatic carbocycles. The van der Waals surface area contributed by atoms with Crippen LogP contribution in [0.4, 0.5) is 5.69 Å². The smallest absolute Gasteiger partial charge is 0.275 e. The molecule has 2 aromatic heterocycles. The van der Waals surface area contributed by atoms with E-state index in [-0.39, 0.29) is 30.7 Å². The summed E-state index contributed by atoms with van der Waals surface area (Å²) in [6.07, 6.45) is 0.826. The number of rotatable bonds is 7. The van der Waals surface area contributed by atoms with Crippen molar-refractivity contribution in [2.75, 3.05) is 5.32 Å². The van der Waals surface area contributed by atoms with E-state index in [2.05, 4.69) is 55.3 Å². The number of aryl methyl sites for hydroxylation is 2. The molecule has 4 rings (SSSR count). The zero-order valence-corrected chi connectivity index (χ0v) is 23.3. The summed E-state index contributed by atoms with van der Waals surface area (Å²) in [5.41, 5.74) is 14.2. The van der Waals surface area contributed by atoms with Gasteiger partial charge in [-0.05, 0) is 37.3 Å². The van der Waals surface area contributed by atoms with Crippen LogP contribution in [0.15, 0.2) is 60.0 Å². The van der Waals surface area contributed by atoms with Crippen LogP contribution in [0.3, 0.4) is 0 Å². The monoisotopic (exact) mass is 542 g/mol. The molecule has 0 aliphatic carbocycles. The van der Waals surface area contributed by atoms with Gasteiger partial charge in [0.15, 0.2) is 0 Å². The third-order valence-electron chi connectivity index (χ3n) is 5.71. The Morgan fingerprint density at radius 3 is 2.25 bits per heavy atom. The minimum atomic E-state index is -0.253. The molecule has 0 bridgehead atoms. The summed E-state index contributed by atoms with van der Waals surface area (Å²) >= 11 is 1.46. The first-order chi connectivity index (χ1) is 16.4. The number of benzene rings is 2. The predicted octanol–water partition coefficient (Wildman–Crippen LogP) is 7.24. The Morgan fingerprint density at radius 1 is 0.972 bits per heavy atom. The number of nitrogens with two attached hydrogens (primary N) is 1. The number of carbonyl (C=O) groups excluding carboxylic acids is 1. The van der Waals surface area contributed by atoms with Gasteiger partial charge in [-0.3, -0.25) is 9.78 Å². The highest BCUT2D eigenvalue weighted by atomic mass is 35.5. The predicted molar refractivity (Wildman–Crippen MR) is 156 cm³/mol. The normalized spacial score (nSPS) is 10.5. The van der Waals surface area contributed by atoms with Crippen molar-refractivity contribution in [3.8, 4) is 21.7 Å². The summed E-state index contributed by atoms with van der Waals surface area (Å²) in [6, 6.07) is 18.2. The Labute approximate surface area is 229 Å². The SMILES string of the molecule is Cc1ccc(-c2c(CN)c(CC(C)C)nc(C)c2NC(=O)c2csc(-c3ccccc3)n2)cc1.Cl.Cl. The molecule has 5 nitrogen and oxygen atoms in total. The molecule has 0 saturated carbocycles. The van der Waals surface area contributed by atoms with Gasteiger partial charge < -0.3 is 11.1 Å². The number of pyridine rings is 1. The van der Waals surface area contributed by atoms with Crippen molar-refractivity contribution >= 4 is 47.7 Å². The van der Waals surface area contributed by atoms with Gasteiger partial charge in [0.25, 0.3) is 5.91 Å². The Balaban J connectivity index is 0.00000228. The number of anilines is 1. The molecule has 0 aliphatic rings. The summed E-state index contributed by atoms with van der Waals surface area (Å²) in [5.74, 6) is 0.186. The van der Waals surface area contributed by atoms with E-state index in [1.54, 1.807) is 5.38 Å². The summed E-state index contributed by atoms with van der Waals surface area (Å²) in [5, 5.41) is 5.72.